The zero-order valence-electron chi connectivity index (χ0n) is 64.3. The molecule has 9 heteroatoms. The van der Waals surface area contributed by atoms with Crippen LogP contribution in [0, 0.1) is 0 Å². The lowest BCUT2D eigenvalue weighted by Crippen LogP contribution is -2.44. The second-order valence-corrected chi connectivity index (χ2v) is 27.6. The number of hydrogen-bond acceptors (Lipinski definition) is 8. The lowest BCUT2D eigenvalue weighted by atomic mass is 10.0. The van der Waals surface area contributed by atoms with Crippen molar-refractivity contribution < 1.29 is 42.9 Å². The first-order chi connectivity index (χ1) is 48.6. The predicted octanol–water partition coefficient (Wildman–Crippen LogP) is 24.8. The molecule has 0 N–H and O–H groups in total. The van der Waals surface area contributed by atoms with Crippen LogP contribution in [0.2, 0.25) is 0 Å². The summed E-state index contributed by atoms with van der Waals surface area (Å²) in [7, 11) is 5.93. The van der Waals surface area contributed by atoms with Crippen LogP contribution in [0.5, 0.6) is 0 Å². The summed E-state index contributed by atoms with van der Waals surface area (Å²) in [6.45, 7) is 4.53. The first kappa shape index (κ1) is 93.6. The predicted molar refractivity (Wildman–Crippen MR) is 425 cm³/mol. The second-order valence-electron chi connectivity index (χ2n) is 27.6. The third-order valence-corrected chi connectivity index (χ3v) is 17.0. The molecule has 0 spiro atoms. The number of likely N-dealkylation sites (N-methyl/N-ethyl adjacent to an activating group) is 1. The number of carbonyl (C=O) groups excluding carboxylic acids is 3. The number of carboxylic acid groups (broad SMARTS) is 1. The molecule has 2 atom stereocenters. The quantitative estimate of drug-likeness (QED) is 0.0195. The smallest absolute Gasteiger partial charge is 0.306 e. The van der Waals surface area contributed by atoms with Crippen molar-refractivity contribution in [2.75, 3.05) is 47.5 Å². The van der Waals surface area contributed by atoms with E-state index in [0.29, 0.717) is 17.4 Å². The number of carboxylic acids is 1. The fourth-order valence-electron chi connectivity index (χ4n) is 10.9. The van der Waals surface area contributed by atoms with Crippen molar-refractivity contribution in [2.45, 2.75) is 334 Å². The summed E-state index contributed by atoms with van der Waals surface area (Å²) in [6.07, 6.45) is 115. The van der Waals surface area contributed by atoms with E-state index >= 15 is 0 Å². The molecule has 0 aromatic rings. The lowest BCUT2D eigenvalue weighted by molar-refractivity contribution is -0.870. The van der Waals surface area contributed by atoms with Crippen molar-refractivity contribution >= 4 is 17.9 Å². The van der Waals surface area contributed by atoms with Crippen molar-refractivity contribution in [3.8, 4) is 0 Å². The Morgan fingerprint density at radius 3 is 0.808 bits per heavy atom. The Labute approximate surface area is 609 Å². The molecule has 0 aromatic heterocycles. The summed E-state index contributed by atoms with van der Waals surface area (Å²) in [5.41, 5.74) is 0. The molecule has 0 radical (unpaired) electrons. The molecular formula is C90H149NO8. The van der Waals surface area contributed by atoms with E-state index in [-0.39, 0.29) is 38.6 Å². The van der Waals surface area contributed by atoms with Crippen molar-refractivity contribution in [1.82, 2.24) is 0 Å². The molecule has 99 heavy (non-hydrogen) atoms. The van der Waals surface area contributed by atoms with E-state index in [4.69, 9.17) is 18.9 Å². The van der Waals surface area contributed by atoms with Gasteiger partial charge in [-0.2, -0.15) is 0 Å². The van der Waals surface area contributed by atoms with Gasteiger partial charge in [-0.25, -0.2) is 0 Å². The molecule has 0 heterocycles. The Hall–Kier alpha value is -5.35. The molecule has 0 saturated carbocycles. The topological polar surface area (TPSA) is 111 Å². The van der Waals surface area contributed by atoms with Crippen LogP contribution in [0.4, 0.5) is 0 Å². The highest BCUT2D eigenvalue weighted by molar-refractivity contribution is 5.70. The number of aliphatic carboxylic acids is 1. The molecule has 0 bridgehead atoms. The van der Waals surface area contributed by atoms with E-state index in [1.165, 1.54) is 154 Å². The molecule has 0 amide bonds. The Morgan fingerprint density at radius 1 is 0.303 bits per heavy atom. The maximum Gasteiger partial charge on any atom is 0.306 e. The van der Waals surface area contributed by atoms with Gasteiger partial charge in [0.25, 0.3) is 0 Å². The van der Waals surface area contributed by atoms with Gasteiger partial charge in [0.1, 0.15) is 13.2 Å². The van der Waals surface area contributed by atoms with Crippen molar-refractivity contribution in [2.24, 2.45) is 0 Å². The van der Waals surface area contributed by atoms with Gasteiger partial charge in [-0.15, -0.1) is 0 Å². The van der Waals surface area contributed by atoms with Crippen LogP contribution in [0.3, 0.4) is 0 Å². The summed E-state index contributed by atoms with van der Waals surface area (Å²) < 4.78 is 22.9. The number of rotatable bonds is 73. The van der Waals surface area contributed by atoms with Crippen molar-refractivity contribution in [1.29, 1.82) is 0 Å². The van der Waals surface area contributed by atoms with Gasteiger partial charge < -0.3 is 33.3 Å². The number of esters is 2. The highest BCUT2D eigenvalue weighted by atomic mass is 16.7. The van der Waals surface area contributed by atoms with Gasteiger partial charge in [0.15, 0.2) is 12.4 Å². The Bertz CT molecular complexity index is 2240. The van der Waals surface area contributed by atoms with E-state index in [1.807, 2.05) is 21.1 Å². The average Bonchev–Trinajstić information content (AvgIpc) is 1.14. The summed E-state index contributed by atoms with van der Waals surface area (Å²) in [6, 6.07) is 0. The molecule has 0 fully saturated rings. The molecule has 2 unspecified atom stereocenters. The fourth-order valence-corrected chi connectivity index (χ4v) is 10.9. The van der Waals surface area contributed by atoms with Crippen LogP contribution in [0.25, 0.3) is 0 Å². The molecule has 0 aliphatic carbocycles. The normalized spacial score (nSPS) is 13.6. The number of nitrogens with zero attached hydrogens (tertiary/aromatic N) is 1. The zero-order valence-corrected chi connectivity index (χ0v) is 64.3. The third-order valence-electron chi connectivity index (χ3n) is 17.0. The molecule has 562 valence electrons. The van der Waals surface area contributed by atoms with Crippen LogP contribution in [0.15, 0.2) is 170 Å². The number of ether oxygens (including phenoxy) is 4. The highest BCUT2D eigenvalue weighted by Gasteiger charge is 2.22. The summed E-state index contributed by atoms with van der Waals surface area (Å²) in [5.74, 6) is -2.29. The van der Waals surface area contributed by atoms with Gasteiger partial charge in [0, 0.05) is 12.8 Å². The van der Waals surface area contributed by atoms with Gasteiger partial charge in [0.2, 0.25) is 0 Å². The number of allylic oxidation sites excluding steroid dienone is 28. The van der Waals surface area contributed by atoms with Crippen LogP contribution < -0.4 is 5.11 Å². The molecule has 0 aromatic carbocycles. The fraction of sp³-hybridized carbons (Fsp3) is 0.656. The standard InChI is InChI=1S/C90H149NO8/c1-6-8-10-12-14-16-18-20-22-24-26-28-30-32-34-36-38-40-42-43-44-45-47-49-51-53-55-57-59-61-63-65-67-69-71-73-75-77-79-81-88(93)99-86(85-98-90(89(94)95)96-83-82-91(3,4)5)84-97-87(92)80-78-76-74-72-70-68-66-64-62-60-58-56-54-52-50-48-46-41-39-37-35-33-31-29-27-25-23-21-19-17-15-13-11-9-7-2/h8-11,14-17,20-23,26-29,32,34,38,40,43-44,47,49,53,55,59,61,86,90H,6-7,12-13,18-19,24-25,30-31,33,35-37,39,41-42,45-46,48,50-52,54,56-58,60,62-85H2,1-5H3/b10-8-,11-9-,16-14-,17-15-,22-20-,23-21-,28-26-,29-27-,34-32-,40-38-,44-43-,49-47-,55-53-,61-59-. The number of carbonyl (C=O) groups is 3. The van der Waals surface area contributed by atoms with Gasteiger partial charge in [-0.05, 0) is 128 Å². The number of hydrogen-bond donors (Lipinski definition) is 0. The minimum absolute atomic E-state index is 0.140. The maximum atomic E-state index is 13.0. The summed E-state index contributed by atoms with van der Waals surface area (Å²) in [4.78, 5) is 37.6. The van der Waals surface area contributed by atoms with Gasteiger partial charge >= 0.3 is 11.9 Å². The minimum Gasteiger partial charge on any atom is -0.545 e. The van der Waals surface area contributed by atoms with E-state index in [9.17, 15) is 19.5 Å². The minimum atomic E-state index is -1.63. The van der Waals surface area contributed by atoms with Crippen LogP contribution in [0.1, 0.15) is 322 Å². The summed E-state index contributed by atoms with van der Waals surface area (Å²) in [5, 5.41) is 11.9. The average molecular weight is 1370 g/mol. The maximum absolute atomic E-state index is 13.0. The number of quaternary nitrogens is 1. The zero-order chi connectivity index (χ0) is 71.8. The van der Waals surface area contributed by atoms with Gasteiger partial charge in [-0.3, -0.25) is 9.59 Å². The van der Waals surface area contributed by atoms with Crippen molar-refractivity contribution in [3.63, 3.8) is 0 Å². The second kappa shape index (κ2) is 78.4. The number of unbranched alkanes of at least 4 members (excludes halogenated alkanes) is 30. The van der Waals surface area contributed by atoms with E-state index in [1.54, 1.807) is 0 Å². The van der Waals surface area contributed by atoms with E-state index in [2.05, 4.69) is 184 Å². The van der Waals surface area contributed by atoms with Crippen LogP contribution in [-0.2, 0) is 33.3 Å². The molecular weight excluding hydrogens is 1220 g/mol. The van der Waals surface area contributed by atoms with Gasteiger partial charge in [-0.1, -0.05) is 351 Å². The Balaban J connectivity index is 4.09. The highest BCUT2D eigenvalue weighted by Crippen LogP contribution is 2.18. The Morgan fingerprint density at radius 2 is 0.545 bits per heavy atom. The van der Waals surface area contributed by atoms with Crippen LogP contribution in [-0.4, -0.2) is 82.3 Å². The van der Waals surface area contributed by atoms with Gasteiger partial charge in [0.05, 0.1) is 40.3 Å². The molecule has 0 aliphatic rings. The molecule has 9 nitrogen and oxygen atoms in total. The Kier molecular flexibility index (Phi) is 74.1. The lowest BCUT2D eigenvalue weighted by Gasteiger charge is -2.26. The van der Waals surface area contributed by atoms with E-state index in [0.717, 1.165) is 135 Å². The first-order valence-corrected chi connectivity index (χ1v) is 40.3. The van der Waals surface area contributed by atoms with E-state index < -0.39 is 24.3 Å². The first-order valence-electron chi connectivity index (χ1n) is 40.3. The monoisotopic (exact) mass is 1370 g/mol. The van der Waals surface area contributed by atoms with Crippen LogP contribution >= 0.6 is 0 Å². The largest absolute Gasteiger partial charge is 0.545 e. The summed E-state index contributed by atoms with van der Waals surface area (Å²) >= 11 is 0. The SMILES string of the molecule is CC/C=C\C/C=C\C/C=C\C/C=C\C/C=C\C/C=C\C/C=C\C/C=C\C/C=C\C/C=C\CCCCCCCCCCC(=O)OC(COC(=O)CCCCCCCCCCCCCCCCCCCCCCCC/C=C\C/C=C\C/C=C\C/C=C\CC)COC(OCC[N+](C)(C)C)C(=O)[O-]. The molecule has 0 saturated heterocycles. The molecule has 0 rings (SSSR count). The van der Waals surface area contributed by atoms with Crippen molar-refractivity contribution in [3.05, 3.63) is 170 Å². The molecule has 0 aliphatic heterocycles. The third kappa shape index (κ3) is 79.8.